The zero-order valence-corrected chi connectivity index (χ0v) is 11.6. The van der Waals surface area contributed by atoms with E-state index in [9.17, 15) is 15.0 Å². The van der Waals surface area contributed by atoms with E-state index in [4.69, 9.17) is 5.73 Å². The SMILES string of the molecule is CC(C)(C)CN(CC(O)c1cccc(N)c1)C(=O)O. The molecule has 0 saturated heterocycles. The molecule has 1 aromatic carbocycles. The van der Waals surface area contributed by atoms with Gasteiger partial charge in [0, 0.05) is 12.2 Å². The monoisotopic (exact) mass is 266 g/mol. The third-order valence-electron chi connectivity index (χ3n) is 2.62. The normalized spacial score (nSPS) is 13.1. The molecule has 4 N–H and O–H groups in total. The minimum absolute atomic E-state index is 0.0378. The minimum atomic E-state index is -1.03. The molecule has 0 bridgehead atoms. The maximum Gasteiger partial charge on any atom is 0.407 e. The second-order valence-electron chi connectivity index (χ2n) is 5.91. The highest BCUT2D eigenvalue weighted by molar-refractivity contribution is 5.65. The van der Waals surface area contributed by atoms with Crippen molar-refractivity contribution in [2.45, 2.75) is 26.9 Å². The molecule has 5 heteroatoms. The topological polar surface area (TPSA) is 86.8 Å². The van der Waals surface area contributed by atoms with Crippen LogP contribution in [0, 0.1) is 5.41 Å². The van der Waals surface area contributed by atoms with Crippen molar-refractivity contribution in [3.63, 3.8) is 0 Å². The summed E-state index contributed by atoms with van der Waals surface area (Å²) >= 11 is 0. The molecule has 0 spiro atoms. The summed E-state index contributed by atoms with van der Waals surface area (Å²) in [6, 6.07) is 6.85. The fourth-order valence-corrected chi connectivity index (χ4v) is 1.86. The Morgan fingerprint density at radius 3 is 2.53 bits per heavy atom. The maximum atomic E-state index is 11.2. The van der Waals surface area contributed by atoms with Gasteiger partial charge in [-0.2, -0.15) is 0 Å². The summed E-state index contributed by atoms with van der Waals surface area (Å²) < 4.78 is 0. The molecular weight excluding hydrogens is 244 g/mol. The number of nitrogen functional groups attached to an aromatic ring is 1. The molecule has 1 unspecified atom stereocenters. The van der Waals surface area contributed by atoms with Gasteiger partial charge in [-0.25, -0.2) is 4.79 Å². The van der Waals surface area contributed by atoms with Crippen LogP contribution in [0.15, 0.2) is 24.3 Å². The lowest BCUT2D eigenvalue weighted by Crippen LogP contribution is -2.39. The smallest absolute Gasteiger partial charge is 0.407 e. The van der Waals surface area contributed by atoms with Crippen molar-refractivity contribution in [1.82, 2.24) is 4.90 Å². The number of hydrogen-bond acceptors (Lipinski definition) is 3. The molecule has 1 amide bonds. The van der Waals surface area contributed by atoms with E-state index < -0.39 is 12.2 Å². The highest BCUT2D eigenvalue weighted by atomic mass is 16.4. The second-order valence-corrected chi connectivity index (χ2v) is 5.91. The van der Waals surface area contributed by atoms with Crippen molar-refractivity contribution in [1.29, 1.82) is 0 Å². The molecule has 0 aliphatic rings. The largest absolute Gasteiger partial charge is 0.465 e. The van der Waals surface area contributed by atoms with E-state index >= 15 is 0 Å². The number of aliphatic hydroxyl groups is 1. The quantitative estimate of drug-likeness (QED) is 0.730. The average molecular weight is 266 g/mol. The van der Waals surface area contributed by atoms with Gasteiger partial charge in [-0.3, -0.25) is 0 Å². The molecule has 0 aliphatic heterocycles. The number of anilines is 1. The molecule has 0 aliphatic carbocycles. The van der Waals surface area contributed by atoms with Crippen LogP contribution in [0.4, 0.5) is 10.5 Å². The van der Waals surface area contributed by atoms with Crippen molar-refractivity contribution < 1.29 is 15.0 Å². The van der Waals surface area contributed by atoms with Gasteiger partial charge in [0.25, 0.3) is 0 Å². The number of carboxylic acid groups (broad SMARTS) is 1. The number of nitrogens with two attached hydrogens (primary N) is 1. The second kappa shape index (κ2) is 5.93. The molecule has 0 radical (unpaired) electrons. The van der Waals surface area contributed by atoms with Gasteiger partial charge >= 0.3 is 6.09 Å². The van der Waals surface area contributed by atoms with Gasteiger partial charge in [0.2, 0.25) is 0 Å². The fraction of sp³-hybridized carbons (Fsp3) is 0.500. The number of benzene rings is 1. The van der Waals surface area contributed by atoms with E-state index in [1.165, 1.54) is 4.90 Å². The van der Waals surface area contributed by atoms with Crippen LogP contribution >= 0.6 is 0 Å². The van der Waals surface area contributed by atoms with Crippen molar-refractivity contribution in [3.8, 4) is 0 Å². The van der Waals surface area contributed by atoms with E-state index in [1.807, 2.05) is 20.8 Å². The van der Waals surface area contributed by atoms with Crippen LogP contribution in [0.5, 0.6) is 0 Å². The minimum Gasteiger partial charge on any atom is -0.465 e. The van der Waals surface area contributed by atoms with Crippen LogP contribution in [-0.2, 0) is 0 Å². The molecule has 106 valence electrons. The number of nitrogens with zero attached hydrogens (tertiary/aromatic N) is 1. The molecule has 19 heavy (non-hydrogen) atoms. The van der Waals surface area contributed by atoms with E-state index in [2.05, 4.69) is 0 Å². The Morgan fingerprint density at radius 1 is 1.42 bits per heavy atom. The molecule has 1 rings (SSSR count). The summed E-state index contributed by atoms with van der Waals surface area (Å²) in [5.74, 6) is 0. The van der Waals surface area contributed by atoms with Gasteiger partial charge in [-0.15, -0.1) is 0 Å². The molecule has 5 nitrogen and oxygen atoms in total. The highest BCUT2D eigenvalue weighted by Crippen LogP contribution is 2.20. The van der Waals surface area contributed by atoms with Gasteiger partial charge in [-0.05, 0) is 23.1 Å². The third kappa shape index (κ3) is 5.18. The summed E-state index contributed by atoms with van der Waals surface area (Å²) in [6.07, 6.45) is -1.90. The fourth-order valence-electron chi connectivity index (χ4n) is 1.86. The van der Waals surface area contributed by atoms with Crippen molar-refractivity contribution in [2.75, 3.05) is 18.8 Å². The first kappa shape index (κ1) is 15.3. The van der Waals surface area contributed by atoms with E-state index in [1.54, 1.807) is 24.3 Å². The number of aliphatic hydroxyl groups excluding tert-OH is 1. The lowest BCUT2D eigenvalue weighted by Gasteiger charge is -2.29. The van der Waals surface area contributed by atoms with Crippen LogP contribution in [0.2, 0.25) is 0 Å². The molecule has 0 fully saturated rings. The maximum absolute atomic E-state index is 11.2. The summed E-state index contributed by atoms with van der Waals surface area (Å²) in [5.41, 5.74) is 6.66. The van der Waals surface area contributed by atoms with E-state index in [-0.39, 0.29) is 12.0 Å². The number of carbonyl (C=O) groups is 1. The summed E-state index contributed by atoms with van der Waals surface area (Å²) in [4.78, 5) is 12.4. The average Bonchev–Trinajstić information content (AvgIpc) is 2.26. The van der Waals surface area contributed by atoms with E-state index in [0.717, 1.165) is 0 Å². The number of hydrogen-bond donors (Lipinski definition) is 3. The predicted octanol–water partition coefficient (Wildman–Crippen LogP) is 2.33. The van der Waals surface area contributed by atoms with Gasteiger partial charge in [-0.1, -0.05) is 32.9 Å². The molecule has 1 atom stereocenters. The zero-order valence-electron chi connectivity index (χ0n) is 11.6. The first-order valence-corrected chi connectivity index (χ1v) is 6.20. The first-order valence-electron chi connectivity index (χ1n) is 6.20. The highest BCUT2D eigenvalue weighted by Gasteiger charge is 2.23. The molecule has 1 aromatic rings. The van der Waals surface area contributed by atoms with Crippen LogP contribution in [0.25, 0.3) is 0 Å². The third-order valence-corrected chi connectivity index (χ3v) is 2.62. The van der Waals surface area contributed by atoms with Crippen LogP contribution in [-0.4, -0.2) is 34.3 Å². The Bertz CT molecular complexity index is 441. The summed E-state index contributed by atoms with van der Waals surface area (Å²) in [6.45, 7) is 6.26. The Morgan fingerprint density at radius 2 is 2.05 bits per heavy atom. The lowest BCUT2D eigenvalue weighted by molar-refractivity contribution is 0.0808. The van der Waals surface area contributed by atoms with Crippen molar-refractivity contribution in [2.24, 2.45) is 5.41 Å². The lowest BCUT2D eigenvalue weighted by atomic mass is 9.96. The Kier molecular flexibility index (Phi) is 4.78. The van der Waals surface area contributed by atoms with Crippen LogP contribution in [0.1, 0.15) is 32.4 Å². The Hall–Kier alpha value is -1.75. The van der Waals surface area contributed by atoms with Gasteiger partial charge in [0.15, 0.2) is 0 Å². The number of rotatable bonds is 4. The molecule has 0 heterocycles. The van der Waals surface area contributed by atoms with Crippen LogP contribution in [0.3, 0.4) is 0 Å². The van der Waals surface area contributed by atoms with E-state index in [0.29, 0.717) is 17.8 Å². The van der Waals surface area contributed by atoms with Gasteiger partial charge < -0.3 is 20.8 Å². The van der Waals surface area contributed by atoms with Gasteiger partial charge in [0.05, 0.1) is 12.6 Å². The first-order chi connectivity index (χ1) is 8.69. The molecular formula is C14H22N2O3. The zero-order chi connectivity index (χ0) is 14.6. The van der Waals surface area contributed by atoms with Crippen molar-refractivity contribution in [3.05, 3.63) is 29.8 Å². The Labute approximate surface area is 113 Å². The number of amides is 1. The summed E-state index contributed by atoms with van der Waals surface area (Å²) in [7, 11) is 0. The molecule has 0 aromatic heterocycles. The van der Waals surface area contributed by atoms with Gasteiger partial charge in [0.1, 0.15) is 0 Å². The standard InChI is InChI=1S/C14H22N2O3/c1-14(2,3)9-16(13(18)19)8-12(17)10-5-4-6-11(15)7-10/h4-7,12,17H,8-9,15H2,1-3H3,(H,18,19). The summed E-state index contributed by atoms with van der Waals surface area (Å²) in [5, 5.41) is 19.3. The van der Waals surface area contributed by atoms with Crippen LogP contribution < -0.4 is 5.73 Å². The predicted molar refractivity (Wildman–Crippen MR) is 74.9 cm³/mol. The molecule has 0 saturated carbocycles. The Balaban J connectivity index is 2.77. The van der Waals surface area contributed by atoms with Crippen molar-refractivity contribution >= 4 is 11.8 Å².